The highest BCUT2D eigenvalue weighted by Gasteiger charge is 2.17. The zero-order valence-electron chi connectivity index (χ0n) is 12.1. The molecule has 0 aromatic heterocycles. The predicted molar refractivity (Wildman–Crippen MR) is 78.2 cm³/mol. The van der Waals surface area contributed by atoms with E-state index in [1.54, 1.807) is 18.2 Å². The third-order valence-corrected chi connectivity index (χ3v) is 2.63. The number of hydrogen-bond donors (Lipinski definition) is 2. The fraction of sp³-hybridized carbons (Fsp3) is 0.375. The van der Waals surface area contributed by atoms with E-state index in [2.05, 4.69) is 5.32 Å². The Morgan fingerprint density at radius 2 is 1.85 bits per heavy atom. The van der Waals surface area contributed by atoms with Crippen molar-refractivity contribution in [2.24, 2.45) is 5.41 Å². The van der Waals surface area contributed by atoms with Crippen LogP contribution in [0.25, 0.3) is 0 Å². The summed E-state index contributed by atoms with van der Waals surface area (Å²) in [6.45, 7) is 5.97. The van der Waals surface area contributed by atoms with Crippen LogP contribution in [0.3, 0.4) is 0 Å². The fourth-order valence-corrected chi connectivity index (χ4v) is 1.66. The molecular formula is C16H21NO3. The molecule has 0 aliphatic rings. The van der Waals surface area contributed by atoms with E-state index in [-0.39, 0.29) is 17.7 Å². The molecule has 20 heavy (non-hydrogen) atoms. The second kappa shape index (κ2) is 6.89. The maximum Gasteiger partial charge on any atom is 0.305 e. The number of benzene rings is 1. The van der Waals surface area contributed by atoms with Gasteiger partial charge in [-0.25, -0.2) is 0 Å². The van der Waals surface area contributed by atoms with Gasteiger partial charge in [0.25, 0.3) is 0 Å². The molecule has 0 aliphatic heterocycles. The van der Waals surface area contributed by atoms with Crippen LogP contribution in [0.4, 0.5) is 0 Å². The van der Waals surface area contributed by atoms with Gasteiger partial charge in [-0.05, 0) is 17.1 Å². The third-order valence-electron chi connectivity index (χ3n) is 2.63. The van der Waals surface area contributed by atoms with E-state index in [1.807, 2.05) is 39.0 Å². The number of carboxylic acid groups (broad SMARTS) is 1. The van der Waals surface area contributed by atoms with Gasteiger partial charge in [0.2, 0.25) is 5.91 Å². The van der Waals surface area contributed by atoms with Crippen LogP contribution < -0.4 is 5.32 Å². The van der Waals surface area contributed by atoms with Gasteiger partial charge >= 0.3 is 5.97 Å². The average Bonchev–Trinajstić information content (AvgIpc) is 2.35. The molecule has 4 nitrogen and oxygen atoms in total. The topological polar surface area (TPSA) is 66.4 Å². The minimum absolute atomic E-state index is 0.0909. The number of hydrogen-bond acceptors (Lipinski definition) is 2. The molecule has 0 heterocycles. The Kier molecular flexibility index (Phi) is 5.50. The molecule has 0 fully saturated rings. The molecule has 1 aromatic carbocycles. The first-order chi connectivity index (χ1) is 9.28. The van der Waals surface area contributed by atoms with Crippen molar-refractivity contribution >= 4 is 11.9 Å². The molecule has 1 rings (SSSR count). The first kappa shape index (κ1) is 16.0. The van der Waals surface area contributed by atoms with Crippen molar-refractivity contribution < 1.29 is 14.7 Å². The maximum absolute atomic E-state index is 11.9. The summed E-state index contributed by atoms with van der Waals surface area (Å²) in [5, 5.41) is 11.7. The summed E-state index contributed by atoms with van der Waals surface area (Å²) in [5.74, 6) is -1.23. The minimum Gasteiger partial charge on any atom is -0.481 e. The van der Waals surface area contributed by atoms with Gasteiger partial charge in [-0.2, -0.15) is 0 Å². The van der Waals surface area contributed by atoms with Gasteiger partial charge in [-0.3, -0.25) is 9.59 Å². The number of carbonyl (C=O) groups is 2. The van der Waals surface area contributed by atoms with Crippen molar-refractivity contribution in [3.63, 3.8) is 0 Å². The number of carbonyl (C=O) groups excluding carboxylic acids is 1. The van der Waals surface area contributed by atoms with Gasteiger partial charge in [-0.1, -0.05) is 57.2 Å². The van der Waals surface area contributed by atoms with Crippen molar-refractivity contribution in [2.75, 3.05) is 0 Å². The number of rotatable bonds is 5. The van der Waals surface area contributed by atoms with Gasteiger partial charge in [0.1, 0.15) is 0 Å². The van der Waals surface area contributed by atoms with Gasteiger partial charge in [0, 0.05) is 0 Å². The minimum atomic E-state index is -0.945. The number of carboxylic acids is 1. The fourth-order valence-electron chi connectivity index (χ4n) is 1.66. The normalized spacial score (nSPS) is 13.2. The van der Waals surface area contributed by atoms with Crippen LogP contribution in [0, 0.1) is 5.41 Å². The van der Waals surface area contributed by atoms with E-state index in [0.717, 1.165) is 5.56 Å². The van der Waals surface area contributed by atoms with E-state index < -0.39 is 12.0 Å². The lowest BCUT2D eigenvalue weighted by Gasteiger charge is -2.17. The average molecular weight is 275 g/mol. The molecule has 4 heteroatoms. The molecular weight excluding hydrogens is 254 g/mol. The summed E-state index contributed by atoms with van der Waals surface area (Å²) < 4.78 is 0. The molecule has 1 atom stereocenters. The Hall–Kier alpha value is -2.10. The largest absolute Gasteiger partial charge is 0.481 e. The quantitative estimate of drug-likeness (QED) is 0.812. The third kappa shape index (κ3) is 6.18. The lowest BCUT2D eigenvalue weighted by atomic mass is 9.96. The Morgan fingerprint density at radius 3 is 2.35 bits per heavy atom. The highest BCUT2D eigenvalue weighted by atomic mass is 16.4. The zero-order valence-corrected chi connectivity index (χ0v) is 12.1. The monoisotopic (exact) mass is 275 g/mol. The summed E-state index contributed by atoms with van der Waals surface area (Å²) >= 11 is 0. The Balaban J connectivity index is 2.78. The van der Waals surface area contributed by atoms with Gasteiger partial charge < -0.3 is 10.4 Å². The molecule has 0 spiro atoms. The van der Waals surface area contributed by atoms with Crippen LogP contribution in [0.15, 0.2) is 42.5 Å². The molecule has 1 aromatic rings. The van der Waals surface area contributed by atoms with Crippen LogP contribution in [0.2, 0.25) is 0 Å². The number of amides is 1. The number of nitrogens with one attached hydrogen (secondary N) is 1. The highest BCUT2D eigenvalue weighted by molar-refractivity contribution is 5.88. The lowest BCUT2D eigenvalue weighted by Crippen LogP contribution is -2.29. The molecule has 0 radical (unpaired) electrons. The first-order valence-electron chi connectivity index (χ1n) is 6.54. The Labute approximate surface area is 119 Å². The smallest absolute Gasteiger partial charge is 0.305 e. The Morgan fingerprint density at radius 1 is 1.25 bits per heavy atom. The second-order valence-electron chi connectivity index (χ2n) is 5.77. The van der Waals surface area contributed by atoms with Gasteiger partial charge in [0.05, 0.1) is 12.5 Å². The molecule has 2 N–H and O–H groups in total. The number of aliphatic carboxylic acids is 1. The Bertz CT molecular complexity index is 486. The van der Waals surface area contributed by atoms with E-state index in [0.29, 0.717) is 0 Å². The van der Waals surface area contributed by atoms with Crippen molar-refractivity contribution in [1.29, 1.82) is 0 Å². The van der Waals surface area contributed by atoms with Crippen LogP contribution in [0.5, 0.6) is 0 Å². The van der Waals surface area contributed by atoms with Crippen LogP contribution in [-0.4, -0.2) is 17.0 Å². The SMILES string of the molecule is CC(C)(C)/C=C/C(=O)NC(CC(=O)O)c1ccccc1. The summed E-state index contributed by atoms with van der Waals surface area (Å²) in [6, 6.07) is 8.58. The summed E-state index contributed by atoms with van der Waals surface area (Å²) in [6.07, 6.45) is 3.11. The van der Waals surface area contributed by atoms with E-state index in [1.165, 1.54) is 6.08 Å². The molecule has 1 unspecified atom stereocenters. The molecule has 0 aliphatic carbocycles. The van der Waals surface area contributed by atoms with Crippen molar-refractivity contribution in [2.45, 2.75) is 33.2 Å². The lowest BCUT2D eigenvalue weighted by molar-refractivity contribution is -0.137. The molecule has 0 bridgehead atoms. The summed E-state index contributed by atoms with van der Waals surface area (Å²) in [5.41, 5.74) is 0.694. The van der Waals surface area contributed by atoms with Crippen LogP contribution in [0.1, 0.15) is 38.8 Å². The standard InChI is InChI=1S/C16H21NO3/c1-16(2,3)10-9-14(18)17-13(11-15(19)20)12-7-5-4-6-8-12/h4-10,13H,11H2,1-3H3,(H,17,18)(H,19,20)/b10-9+. The number of allylic oxidation sites excluding steroid dienone is 1. The van der Waals surface area contributed by atoms with Crippen LogP contribution >= 0.6 is 0 Å². The van der Waals surface area contributed by atoms with Gasteiger partial charge in [0.15, 0.2) is 0 Å². The van der Waals surface area contributed by atoms with E-state index in [9.17, 15) is 9.59 Å². The van der Waals surface area contributed by atoms with Crippen molar-refractivity contribution in [3.8, 4) is 0 Å². The predicted octanol–water partition coefficient (Wildman–Crippen LogP) is 2.92. The molecule has 0 saturated carbocycles. The van der Waals surface area contributed by atoms with Gasteiger partial charge in [-0.15, -0.1) is 0 Å². The molecule has 1 amide bonds. The summed E-state index contributed by atoms with van der Waals surface area (Å²) in [7, 11) is 0. The van der Waals surface area contributed by atoms with Crippen molar-refractivity contribution in [3.05, 3.63) is 48.0 Å². The van der Waals surface area contributed by atoms with Crippen LogP contribution in [-0.2, 0) is 9.59 Å². The second-order valence-corrected chi connectivity index (χ2v) is 5.77. The zero-order chi connectivity index (χ0) is 15.2. The van der Waals surface area contributed by atoms with E-state index >= 15 is 0 Å². The van der Waals surface area contributed by atoms with Crippen molar-refractivity contribution in [1.82, 2.24) is 5.32 Å². The molecule has 108 valence electrons. The summed E-state index contributed by atoms with van der Waals surface area (Å²) in [4.78, 5) is 22.8. The first-order valence-corrected chi connectivity index (χ1v) is 6.54. The maximum atomic E-state index is 11.9. The van der Waals surface area contributed by atoms with E-state index in [4.69, 9.17) is 5.11 Å². The molecule has 0 saturated heterocycles. The highest BCUT2D eigenvalue weighted by Crippen LogP contribution is 2.17.